The number of benzene rings is 2. The van der Waals surface area contributed by atoms with Crippen LogP contribution in [0.15, 0.2) is 48.7 Å². The number of pyridine rings is 1. The first-order chi connectivity index (χ1) is 14.6. The Morgan fingerprint density at radius 1 is 1.07 bits per heavy atom. The SMILES string of the molecule is CC(CC1CCC(c2ccnc3ccc(F)cc23)CC1)c1nc2ccc(Cl)cc2[nH]1. The highest BCUT2D eigenvalue weighted by molar-refractivity contribution is 6.31. The monoisotopic (exact) mass is 421 g/mol. The molecule has 2 aromatic carbocycles. The first kappa shape index (κ1) is 19.5. The molecule has 0 bridgehead atoms. The topological polar surface area (TPSA) is 41.6 Å². The van der Waals surface area contributed by atoms with Crippen molar-refractivity contribution in [1.82, 2.24) is 15.0 Å². The van der Waals surface area contributed by atoms with Crippen molar-refractivity contribution in [3.63, 3.8) is 0 Å². The number of halogens is 2. The van der Waals surface area contributed by atoms with Crippen LogP contribution < -0.4 is 0 Å². The van der Waals surface area contributed by atoms with Crippen LogP contribution in [0, 0.1) is 11.7 Å². The number of hydrogen-bond acceptors (Lipinski definition) is 2. The number of nitrogens with zero attached hydrogens (tertiary/aromatic N) is 2. The number of rotatable bonds is 4. The van der Waals surface area contributed by atoms with Gasteiger partial charge in [0.15, 0.2) is 0 Å². The van der Waals surface area contributed by atoms with Gasteiger partial charge in [0.05, 0.1) is 16.6 Å². The average molecular weight is 422 g/mol. The number of aromatic amines is 1. The summed E-state index contributed by atoms with van der Waals surface area (Å²) >= 11 is 6.10. The van der Waals surface area contributed by atoms with Crippen LogP contribution >= 0.6 is 11.6 Å². The molecule has 0 aliphatic heterocycles. The summed E-state index contributed by atoms with van der Waals surface area (Å²) in [5, 5.41) is 1.70. The van der Waals surface area contributed by atoms with Crippen molar-refractivity contribution < 1.29 is 4.39 Å². The maximum Gasteiger partial charge on any atom is 0.123 e. The van der Waals surface area contributed by atoms with Crippen LogP contribution in [0.25, 0.3) is 21.9 Å². The summed E-state index contributed by atoms with van der Waals surface area (Å²) in [7, 11) is 0. The molecule has 154 valence electrons. The van der Waals surface area contributed by atoms with E-state index in [0.29, 0.717) is 17.8 Å². The molecule has 4 aromatic rings. The fourth-order valence-electron chi connectivity index (χ4n) is 5.05. The van der Waals surface area contributed by atoms with E-state index in [1.54, 1.807) is 12.1 Å². The molecule has 1 unspecified atom stereocenters. The number of hydrogen-bond donors (Lipinski definition) is 1. The maximum absolute atomic E-state index is 13.8. The Balaban J connectivity index is 1.26. The molecule has 3 nitrogen and oxygen atoms in total. The molecule has 1 saturated carbocycles. The van der Waals surface area contributed by atoms with Crippen LogP contribution in [-0.2, 0) is 0 Å². The second kappa shape index (κ2) is 7.99. The summed E-state index contributed by atoms with van der Waals surface area (Å²) in [6.45, 7) is 2.25. The molecule has 1 aliphatic carbocycles. The first-order valence-corrected chi connectivity index (χ1v) is 11.1. The summed E-state index contributed by atoms with van der Waals surface area (Å²) < 4.78 is 13.8. The van der Waals surface area contributed by atoms with Gasteiger partial charge in [-0.2, -0.15) is 0 Å². The zero-order valence-corrected chi connectivity index (χ0v) is 17.8. The van der Waals surface area contributed by atoms with Crippen LogP contribution in [0.2, 0.25) is 5.02 Å². The quantitative estimate of drug-likeness (QED) is 0.373. The molecule has 1 N–H and O–H groups in total. The van der Waals surface area contributed by atoms with E-state index in [0.717, 1.165) is 52.0 Å². The van der Waals surface area contributed by atoms with Crippen LogP contribution in [0.4, 0.5) is 4.39 Å². The van der Waals surface area contributed by atoms with Gasteiger partial charge in [0.25, 0.3) is 0 Å². The summed E-state index contributed by atoms with van der Waals surface area (Å²) in [5.74, 6) is 2.42. The number of H-pyrrole nitrogens is 1. The van der Waals surface area contributed by atoms with Crippen LogP contribution in [0.1, 0.15) is 62.3 Å². The second-order valence-corrected chi connectivity index (χ2v) is 9.14. The molecule has 1 atom stereocenters. The summed E-state index contributed by atoms with van der Waals surface area (Å²) in [5.41, 5.74) is 4.11. The van der Waals surface area contributed by atoms with Gasteiger partial charge in [-0.3, -0.25) is 4.98 Å². The average Bonchev–Trinajstić information content (AvgIpc) is 3.17. The predicted molar refractivity (Wildman–Crippen MR) is 121 cm³/mol. The molecule has 1 fully saturated rings. The van der Waals surface area contributed by atoms with Crippen molar-refractivity contribution in [2.45, 2.75) is 50.9 Å². The molecular weight excluding hydrogens is 397 g/mol. The number of aromatic nitrogens is 3. The van der Waals surface area contributed by atoms with Crippen molar-refractivity contribution in [1.29, 1.82) is 0 Å². The predicted octanol–water partition coefficient (Wildman–Crippen LogP) is 7.37. The van der Waals surface area contributed by atoms with Gasteiger partial charge < -0.3 is 4.98 Å². The molecule has 2 heterocycles. The Kier molecular flexibility index (Phi) is 5.20. The van der Waals surface area contributed by atoms with Gasteiger partial charge in [0.2, 0.25) is 0 Å². The highest BCUT2D eigenvalue weighted by atomic mass is 35.5. The highest BCUT2D eigenvalue weighted by Gasteiger charge is 2.26. The van der Waals surface area contributed by atoms with E-state index in [-0.39, 0.29) is 5.82 Å². The van der Waals surface area contributed by atoms with Gasteiger partial charge in [0.1, 0.15) is 11.6 Å². The van der Waals surface area contributed by atoms with Gasteiger partial charge in [-0.25, -0.2) is 9.37 Å². The van der Waals surface area contributed by atoms with Crippen molar-refractivity contribution >= 4 is 33.5 Å². The van der Waals surface area contributed by atoms with E-state index in [1.807, 2.05) is 24.4 Å². The Labute approximate surface area is 180 Å². The summed E-state index contributed by atoms with van der Waals surface area (Å²) in [4.78, 5) is 12.6. The fraction of sp³-hybridized carbons (Fsp3) is 0.360. The third-order valence-electron chi connectivity index (χ3n) is 6.64. The van der Waals surface area contributed by atoms with Crippen LogP contribution in [-0.4, -0.2) is 15.0 Å². The molecule has 0 spiro atoms. The molecule has 5 rings (SSSR count). The number of nitrogens with one attached hydrogen (secondary N) is 1. The lowest BCUT2D eigenvalue weighted by Gasteiger charge is -2.30. The Morgan fingerprint density at radius 3 is 2.70 bits per heavy atom. The van der Waals surface area contributed by atoms with Crippen molar-refractivity contribution in [3.05, 3.63) is 70.9 Å². The van der Waals surface area contributed by atoms with E-state index in [4.69, 9.17) is 16.6 Å². The third-order valence-corrected chi connectivity index (χ3v) is 6.87. The molecule has 5 heteroatoms. The Morgan fingerprint density at radius 2 is 1.87 bits per heavy atom. The lowest BCUT2D eigenvalue weighted by atomic mass is 9.75. The van der Waals surface area contributed by atoms with Crippen LogP contribution in [0.5, 0.6) is 0 Å². The minimum absolute atomic E-state index is 0.189. The van der Waals surface area contributed by atoms with E-state index >= 15 is 0 Å². The molecule has 0 amide bonds. The van der Waals surface area contributed by atoms with Gasteiger partial charge >= 0.3 is 0 Å². The van der Waals surface area contributed by atoms with E-state index in [9.17, 15) is 4.39 Å². The second-order valence-electron chi connectivity index (χ2n) is 8.70. The highest BCUT2D eigenvalue weighted by Crippen LogP contribution is 2.41. The normalized spacial score (nSPS) is 20.6. The van der Waals surface area contributed by atoms with Gasteiger partial charge in [0, 0.05) is 22.5 Å². The molecule has 0 radical (unpaired) electrons. The number of fused-ring (bicyclic) bond motifs is 2. The van der Waals surface area contributed by atoms with Gasteiger partial charge in [-0.05, 0) is 92.0 Å². The van der Waals surface area contributed by atoms with Gasteiger partial charge in [-0.1, -0.05) is 18.5 Å². The summed E-state index contributed by atoms with van der Waals surface area (Å²) in [6, 6.07) is 12.8. The summed E-state index contributed by atoms with van der Waals surface area (Å²) in [6.07, 6.45) is 7.66. The third kappa shape index (κ3) is 3.81. The standard InChI is InChI=1S/C25H25ClFN3/c1-15(25-29-23-8-6-18(26)13-24(23)30-25)12-16-2-4-17(5-3-16)20-10-11-28-22-9-7-19(27)14-21(20)22/h6-11,13-17H,2-5,12H2,1H3,(H,29,30). The van der Waals surface area contributed by atoms with E-state index in [2.05, 4.69) is 23.0 Å². The molecule has 30 heavy (non-hydrogen) atoms. The Bertz CT molecular complexity index is 1190. The van der Waals surface area contributed by atoms with E-state index in [1.165, 1.54) is 24.5 Å². The number of imidazole rings is 1. The first-order valence-electron chi connectivity index (χ1n) is 10.8. The molecule has 2 aromatic heterocycles. The maximum atomic E-state index is 13.8. The van der Waals surface area contributed by atoms with Crippen molar-refractivity contribution in [3.8, 4) is 0 Å². The zero-order valence-electron chi connectivity index (χ0n) is 17.0. The zero-order chi connectivity index (χ0) is 20.7. The lowest BCUT2D eigenvalue weighted by molar-refractivity contribution is 0.296. The smallest absolute Gasteiger partial charge is 0.123 e. The minimum Gasteiger partial charge on any atom is -0.342 e. The van der Waals surface area contributed by atoms with E-state index < -0.39 is 0 Å². The largest absolute Gasteiger partial charge is 0.342 e. The molecule has 0 saturated heterocycles. The van der Waals surface area contributed by atoms with Crippen molar-refractivity contribution in [2.24, 2.45) is 5.92 Å². The molecule has 1 aliphatic rings. The molecular formula is C25H25ClFN3. The van der Waals surface area contributed by atoms with Crippen LogP contribution in [0.3, 0.4) is 0 Å². The minimum atomic E-state index is -0.189. The Hall–Kier alpha value is -2.46. The van der Waals surface area contributed by atoms with Gasteiger partial charge in [-0.15, -0.1) is 0 Å². The lowest BCUT2D eigenvalue weighted by Crippen LogP contribution is -2.16. The van der Waals surface area contributed by atoms with Crippen molar-refractivity contribution in [2.75, 3.05) is 0 Å². The fourth-order valence-corrected chi connectivity index (χ4v) is 5.22.